The summed E-state index contributed by atoms with van der Waals surface area (Å²) in [5.74, 6) is -0.463. The van der Waals surface area contributed by atoms with Crippen molar-refractivity contribution >= 4 is 5.69 Å². The van der Waals surface area contributed by atoms with Crippen molar-refractivity contribution in [2.75, 3.05) is 32.8 Å². The second-order valence-electron chi connectivity index (χ2n) is 5.00. The van der Waals surface area contributed by atoms with E-state index in [2.05, 4.69) is 15.1 Å². The molecular formula is C14H16FN3O. The van der Waals surface area contributed by atoms with E-state index in [0.29, 0.717) is 12.6 Å². The van der Waals surface area contributed by atoms with E-state index in [1.54, 1.807) is 12.1 Å². The van der Waals surface area contributed by atoms with Gasteiger partial charge in [-0.1, -0.05) is 6.07 Å². The van der Waals surface area contributed by atoms with E-state index in [0.717, 1.165) is 31.7 Å². The molecule has 2 heterocycles. The van der Waals surface area contributed by atoms with Gasteiger partial charge in [0.2, 0.25) is 5.69 Å². The average molecular weight is 261 g/mol. The van der Waals surface area contributed by atoms with Crippen LogP contribution in [-0.4, -0.2) is 43.7 Å². The zero-order valence-corrected chi connectivity index (χ0v) is 10.6. The van der Waals surface area contributed by atoms with Gasteiger partial charge in [0.05, 0.1) is 19.3 Å². The highest BCUT2D eigenvalue weighted by atomic mass is 19.1. The van der Waals surface area contributed by atoms with Crippen molar-refractivity contribution in [1.82, 2.24) is 10.2 Å². The molecule has 0 saturated carbocycles. The molecule has 0 aliphatic carbocycles. The lowest BCUT2D eigenvalue weighted by Crippen LogP contribution is -2.57. The first-order chi connectivity index (χ1) is 9.28. The number of hydrogen-bond donors (Lipinski definition) is 1. The van der Waals surface area contributed by atoms with Crippen molar-refractivity contribution < 1.29 is 9.13 Å². The van der Waals surface area contributed by atoms with Gasteiger partial charge in [0.15, 0.2) is 0 Å². The standard InChI is InChI=1S/C14H16FN3O/c1-16-13-6-10(2-3-12(13)15)14-8-18-5-4-17-7-11(18)9-19-14/h2-3,6,11,14,17H,4-5,7-9H2/t11-,14-/m1/s1. The van der Waals surface area contributed by atoms with Gasteiger partial charge in [-0.3, -0.25) is 4.90 Å². The number of ether oxygens (including phenoxy) is 1. The number of nitrogens with zero attached hydrogens (tertiary/aromatic N) is 2. The Morgan fingerprint density at radius 3 is 3.21 bits per heavy atom. The number of nitrogens with one attached hydrogen (secondary N) is 1. The highest BCUT2D eigenvalue weighted by molar-refractivity contribution is 5.48. The van der Waals surface area contributed by atoms with Crippen LogP contribution in [0.2, 0.25) is 0 Å². The highest BCUT2D eigenvalue weighted by Gasteiger charge is 2.31. The zero-order valence-electron chi connectivity index (χ0n) is 10.6. The molecule has 1 N–H and O–H groups in total. The Labute approximate surface area is 112 Å². The van der Waals surface area contributed by atoms with Gasteiger partial charge in [-0.15, -0.1) is 0 Å². The van der Waals surface area contributed by atoms with Crippen LogP contribution >= 0.6 is 0 Å². The highest BCUT2D eigenvalue weighted by Crippen LogP contribution is 2.29. The van der Waals surface area contributed by atoms with Crippen molar-refractivity contribution in [3.8, 4) is 0 Å². The van der Waals surface area contributed by atoms with Crippen LogP contribution in [0.25, 0.3) is 4.85 Å². The van der Waals surface area contributed by atoms with Crippen LogP contribution in [-0.2, 0) is 4.74 Å². The van der Waals surface area contributed by atoms with Crippen LogP contribution < -0.4 is 5.32 Å². The molecule has 4 nitrogen and oxygen atoms in total. The topological polar surface area (TPSA) is 28.9 Å². The number of benzene rings is 1. The molecule has 3 rings (SSSR count). The monoisotopic (exact) mass is 261 g/mol. The Balaban J connectivity index is 1.78. The fourth-order valence-electron chi connectivity index (χ4n) is 2.72. The zero-order chi connectivity index (χ0) is 13.2. The van der Waals surface area contributed by atoms with Gasteiger partial charge in [-0.25, -0.2) is 9.24 Å². The Hall–Kier alpha value is -1.48. The second-order valence-corrected chi connectivity index (χ2v) is 5.00. The number of hydrogen-bond acceptors (Lipinski definition) is 3. The predicted octanol–water partition coefficient (Wildman–Crippen LogP) is 1.72. The molecule has 2 atom stereocenters. The molecule has 0 unspecified atom stereocenters. The number of morpholine rings is 1. The molecule has 1 aromatic rings. The summed E-state index contributed by atoms with van der Waals surface area (Å²) < 4.78 is 19.2. The molecule has 2 aliphatic heterocycles. The Morgan fingerprint density at radius 1 is 1.47 bits per heavy atom. The first-order valence-corrected chi connectivity index (χ1v) is 6.51. The third-order valence-corrected chi connectivity index (χ3v) is 3.82. The van der Waals surface area contributed by atoms with E-state index in [-0.39, 0.29) is 11.8 Å². The molecule has 100 valence electrons. The first kappa shape index (κ1) is 12.5. The van der Waals surface area contributed by atoms with Gasteiger partial charge in [-0.05, 0) is 17.7 Å². The van der Waals surface area contributed by atoms with Crippen LogP contribution in [0.15, 0.2) is 18.2 Å². The van der Waals surface area contributed by atoms with E-state index >= 15 is 0 Å². The summed E-state index contributed by atoms with van der Waals surface area (Å²) in [5.41, 5.74) is 0.966. The van der Waals surface area contributed by atoms with Crippen molar-refractivity contribution in [2.45, 2.75) is 12.1 Å². The van der Waals surface area contributed by atoms with Gasteiger partial charge >= 0.3 is 0 Å². The predicted molar refractivity (Wildman–Crippen MR) is 69.6 cm³/mol. The van der Waals surface area contributed by atoms with Crippen molar-refractivity contribution in [1.29, 1.82) is 0 Å². The molecular weight excluding hydrogens is 245 g/mol. The molecule has 2 fully saturated rings. The van der Waals surface area contributed by atoms with E-state index in [1.807, 2.05) is 0 Å². The molecule has 2 aliphatic rings. The maximum atomic E-state index is 13.3. The Bertz CT molecular complexity index is 514. The number of fused-ring (bicyclic) bond motifs is 1. The first-order valence-electron chi connectivity index (χ1n) is 6.51. The van der Waals surface area contributed by atoms with Gasteiger partial charge in [0.25, 0.3) is 0 Å². The molecule has 5 heteroatoms. The maximum absolute atomic E-state index is 13.3. The SMILES string of the molecule is [C-]#[N+]c1cc([C@H]2CN3CCNC[C@@H]3CO2)ccc1F. The molecule has 1 aromatic carbocycles. The Morgan fingerprint density at radius 2 is 2.37 bits per heavy atom. The van der Waals surface area contributed by atoms with Gasteiger partial charge in [0.1, 0.15) is 5.82 Å². The summed E-state index contributed by atoms with van der Waals surface area (Å²) in [5, 5.41) is 3.35. The summed E-state index contributed by atoms with van der Waals surface area (Å²) in [4.78, 5) is 5.61. The third-order valence-electron chi connectivity index (χ3n) is 3.82. The summed E-state index contributed by atoms with van der Waals surface area (Å²) >= 11 is 0. The van der Waals surface area contributed by atoms with Crippen LogP contribution in [0.3, 0.4) is 0 Å². The van der Waals surface area contributed by atoms with E-state index < -0.39 is 5.82 Å². The summed E-state index contributed by atoms with van der Waals surface area (Å²) in [6, 6.07) is 5.12. The maximum Gasteiger partial charge on any atom is 0.222 e. The quantitative estimate of drug-likeness (QED) is 0.780. The van der Waals surface area contributed by atoms with Crippen LogP contribution in [0, 0.1) is 12.4 Å². The molecule has 0 amide bonds. The minimum absolute atomic E-state index is 0.0598. The van der Waals surface area contributed by atoms with Crippen LogP contribution in [0.4, 0.5) is 10.1 Å². The minimum atomic E-state index is -0.463. The fraction of sp³-hybridized carbons (Fsp3) is 0.500. The lowest BCUT2D eigenvalue weighted by atomic mass is 10.0. The summed E-state index contributed by atoms with van der Waals surface area (Å²) in [6.07, 6.45) is -0.0598. The summed E-state index contributed by atoms with van der Waals surface area (Å²) in [7, 11) is 0. The van der Waals surface area contributed by atoms with Crippen molar-refractivity contribution in [2.24, 2.45) is 0 Å². The number of halogens is 1. The molecule has 19 heavy (non-hydrogen) atoms. The second kappa shape index (κ2) is 5.25. The normalized spacial score (nSPS) is 27.6. The summed E-state index contributed by atoms with van der Waals surface area (Å²) in [6.45, 7) is 11.4. The van der Waals surface area contributed by atoms with Crippen LogP contribution in [0.1, 0.15) is 11.7 Å². The molecule has 0 spiro atoms. The molecule has 0 bridgehead atoms. The van der Waals surface area contributed by atoms with E-state index in [4.69, 9.17) is 11.3 Å². The number of piperazine rings is 1. The van der Waals surface area contributed by atoms with Crippen molar-refractivity contribution in [3.05, 3.63) is 41.0 Å². The molecule has 0 aromatic heterocycles. The van der Waals surface area contributed by atoms with Gasteiger partial charge < -0.3 is 10.1 Å². The fourth-order valence-corrected chi connectivity index (χ4v) is 2.72. The average Bonchev–Trinajstić information content (AvgIpc) is 2.47. The van der Waals surface area contributed by atoms with E-state index in [9.17, 15) is 4.39 Å². The van der Waals surface area contributed by atoms with Gasteiger partial charge in [0, 0.05) is 32.2 Å². The molecule has 2 saturated heterocycles. The molecule has 0 radical (unpaired) electrons. The van der Waals surface area contributed by atoms with Gasteiger partial charge in [-0.2, -0.15) is 0 Å². The largest absolute Gasteiger partial charge is 0.371 e. The van der Waals surface area contributed by atoms with Crippen molar-refractivity contribution in [3.63, 3.8) is 0 Å². The third kappa shape index (κ3) is 2.47. The van der Waals surface area contributed by atoms with E-state index in [1.165, 1.54) is 6.07 Å². The smallest absolute Gasteiger partial charge is 0.222 e. The number of rotatable bonds is 1. The van der Waals surface area contributed by atoms with Crippen LogP contribution in [0.5, 0.6) is 0 Å². The minimum Gasteiger partial charge on any atom is -0.371 e. The lowest BCUT2D eigenvalue weighted by molar-refractivity contribution is -0.0717. The lowest BCUT2D eigenvalue weighted by Gasteiger charge is -2.42. The Kier molecular flexibility index (Phi) is 3.47.